The summed E-state index contributed by atoms with van der Waals surface area (Å²) in [7, 11) is 0. The largest absolute Gasteiger partial charge is 0.438 e. The summed E-state index contributed by atoms with van der Waals surface area (Å²) in [6.45, 7) is 5.85. The Kier molecular flexibility index (Phi) is 4.84. The molecule has 0 spiro atoms. The number of ether oxygens (including phenoxy) is 1. The number of halogens is 2. The summed E-state index contributed by atoms with van der Waals surface area (Å²) in [5.41, 5.74) is 1.68. The molecule has 0 saturated carbocycles. The number of rotatable bonds is 4. The van der Waals surface area contributed by atoms with Crippen LogP contribution in [0.2, 0.25) is 10.2 Å². The zero-order valence-corrected chi connectivity index (χ0v) is 13.2. The van der Waals surface area contributed by atoms with Crippen LogP contribution in [0.25, 0.3) is 0 Å². The summed E-state index contributed by atoms with van der Waals surface area (Å²) in [6, 6.07) is 5.46. The molecule has 2 rings (SSSR count). The molecule has 0 radical (unpaired) electrons. The maximum absolute atomic E-state index is 6.13. The first-order valence-electron chi connectivity index (χ1n) is 6.48. The van der Waals surface area contributed by atoms with Crippen LogP contribution in [0.15, 0.2) is 18.2 Å². The van der Waals surface area contributed by atoms with E-state index in [1.165, 1.54) is 0 Å². The van der Waals surface area contributed by atoms with Crippen LogP contribution >= 0.6 is 23.2 Å². The molecular formula is C15H16Cl2N2O. The second-order valence-electron chi connectivity index (χ2n) is 4.62. The lowest BCUT2D eigenvalue weighted by atomic mass is 10.2. The maximum atomic E-state index is 6.13. The lowest BCUT2D eigenvalue weighted by molar-refractivity contribution is 0.451. The van der Waals surface area contributed by atoms with Gasteiger partial charge >= 0.3 is 0 Å². The summed E-state index contributed by atoms with van der Waals surface area (Å²) in [5, 5.41) is 1.11. The summed E-state index contributed by atoms with van der Waals surface area (Å²) in [4.78, 5) is 8.69. The lowest BCUT2D eigenvalue weighted by Gasteiger charge is -2.12. The van der Waals surface area contributed by atoms with Crippen molar-refractivity contribution in [2.24, 2.45) is 0 Å². The minimum absolute atomic E-state index is 0.435. The van der Waals surface area contributed by atoms with E-state index in [9.17, 15) is 0 Å². The SMILES string of the molecule is CCCc1nc(Cl)c(C)c(Oc2ccc(Cl)cc2C)n1. The van der Waals surface area contributed by atoms with Crippen LogP contribution < -0.4 is 4.74 Å². The molecule has 2 aromatic rings. The summed E-state index contributed by atoms with van der Waals surface area (Å²) in [6.07, 6.45) is 1.73. The Morgan fingerprint density at radius 3 is 2.55 bits per heavy atom. The van der Waals surface area contributed by atoms with Crippen LogP contribution in [0.1, 0.15) is 30.3 Å². The Labute approximate surface area is 128 Å². The fourth-order valence-corrected chi connectivity index (χ4v) is 2.18. The zero-order valence-electron chi connectivity index (χ0n) is 11.7. The third-order valence-electron chi connectivity index (χ3n) is 2.91. The highest BCUT2D eigenvalue weighted by Crippen LogP contribution is 2.30. The molecule has 0 aliphatic heterocycles. The smallest absolute Gasteiger partial charge is 0.227 e. The molecule has 0 atom stereocenters. The highest BCUT2D eigenvalue weighted by Gasteiger charge is 2.12. The summed E-state index contributed by atoms with van der Waals surface area (Å²) in [5.74, 6) is 1.92. The van der Waals surface area contributed by atoms with Crippen molar-refractivity contribution in [1.82, 2.24) is 9.97 Å². The predicted octanol–water partition coefficient (Wildman–Crippen LogP) is 5.15. The normalized spacial score (nSPS) is 10.7. The molecule has 0 bridgehead atoms. The van der Waals surface area contributed by atoms with E-state index in [0.29, 0.717) is 21.9 Å². The third kappa shape index (κ3) is 3.41. The molecule has 1 aromatic heterocycles. The van der Waals surface area contributed by atoms with E-state index < -0.39 is 0 Å². The predicted molar refractivity (Wildman–Crippen MR) is 82.0 cm³/mol. The molecule has 0 unspecified atom stereocenters. The molecule has 0 amide bonds. The molecule has 5 heteroatoms. The van der Waals surface area contributed by atoms with Crippen molar-refractivity contribution in [3.8, 4) is 11.6 Å². The first-order chi connectivity index (χ1) is 9.51. The molecule has 0 aliphatic carbocycles. The number of aryl methyl sites for hydroxylation is 2. The van der Waals surface area contributed by atoms with Gasteiger partial charge in [-0.2, -0.15) is 4.98 Å². The van der Waals surface area contributed by atoms with E-state index in [1.54, 1.807) is 6.07 Å². The molecule has 3 nitrogen and oxygen atoms in total. The Bertz CT molecular complexity index is 630. The number of hydrogen-bond acceptors (Lipinski definition) is 3. The van der Waals surface area contributed by atoms with Crippen LogP contribution in [0.5, 0.6) is 11.6 Å². The van der Waals surface area contributed by atoms with Crippen molar-refractivity contribution in [3.63, 3.8) is 0 Å². The molecule has 0 N–H and O–H groups in total. The second-order valence-corrected chi connectivity index (χ2v) is 5.42. The standard InChI is InChI=1S/C15H16Cl2N2O/c1-4-5-13-18-14(17)10(3)15(19-13)20-12-7-6-11(16)8-9(12)2/h6-8H,4-5H2,1-3H3. The van der Waals surface area contributed by atoms with Gasteiger partial charge in [0, 0.05) is 17.0 Å². The van der Waals surface area contributed by atoms with E-state index in [0.717, 1.165) is 29.7 Å². The third-order valence-corrected chi connectivity index (χ3v) is 3.51. The average Bonchev–Trinajstić information content (AvgIpc) is 2.39. The molecular weight excluding hydrogens is 295 g/mol. The van der Waals surface area contributed by atoms with Crippen molar-refractivity contribution in [2.45, 2.75) is 33.6 Å². The van der Waals surface area contributed by atoms with Gasteiger partial charge in [-0.3, -0.25) is 0 Å². The number of nitrogens with zero attached hydrogens (tertiary/aromatic N) is 2. The van der Waals surface area contributed by atoms with Crippen LogP contribution in [-0.4, -0.2) is 9.97 Å². The fourth-order valence-electron chi connectivity index (χ4n) is 1.78. The monoisotopic (exact) mass is 310 g/mol. The van der Waals surface area contributed by atoms with E-state index in [1.807, 2.05) is 26.0 Å². The Hall–Kier alpha value is -1.32. The lowest BCUT2D eigenvalue weighted by Crippen LogP contribution is -2.01. The fraction of sp³-hybridized carbons (Fsp3) is 0.333. The molecule has 106 valence electrons. The van der Waals surface area contributed by atoms with Gasteiger partial charge in [-0.05, 0) is 44.0 Å². The van der Waals surface area contributed by atoms with E-state index >= 15 is 0 Å². The van der Waals surface area contributed by atoms with Gasteiger partial charge in [-0.25, -0.2) is 4.98 Å². The van der Waals surface area contributed by atoms with Crippen molar-refractivity contribution in [2.75, 3.05) is 0 Å². The first-order valence-corrected chi connectivity index (χ1v) is 7.24. The highest BCUT2D eigenvalue weighted by molar-refractivity contribution is 6.30. The van der Waals surface area contributed by atoms with Gasteiger partial charge < -0.3 is 4.74 Å². The van der Waals surface area contributed by atoms with Gasteiger partial charge in [0.15, 0.2) is 0 Å². The molecule has 0 saturated heterocycles. The molecule has 20 heavy (non-hydrogen) atoms. The Morgan fingerprint density at radius 2 is 1.90 bits per heavy atom. The van der Waals surface area contributed by atoms with Gasteiger partial charge in [0.1, 0.15) is 16.7 Å². The van der Waals surface area contributed by atoms with Gasteiger partial charge in [0.2, 0.25) is 5.88 Å². The van der Waals surface area contributed by atoms with Crippen molar-refractivity contribution in [3.05, 3.63) is 45.3 Å². The summed E-state index contributed by atoms with van der Waals surface area (Å²) >= 11 is 12.1. The zero-order chi connectivity index (χ0) is 14.7. The second kappa shape index (κ2) is 6.42. The quantitative estimate of drug-likeness (QED) is 0.733. The maximum Gasteiger partial charge on any atom is 0.227 e. The van der Waals surface area contributed by atoms with Crippen LogP contribution in [-0.2, 0) is 6.42 Å². The number of aromatic nitrogens is 2. The van der Waals surface area contributed by atoms with Gasteiger partial charge in [-0.1, -0.05) is 30.1 Å². The summed E-state index contributed by atoms with van der Waals surface area (Å²) < 4.78 is 5.87. The highest BCUT2D eigenvalue weighted by atomic mass is 35.5. The van der Waals surface area contributed by atoms with Crippen LogP contribution in [0.4, 0.5) is 0 Å². The van der Waals surface area contributed by atoms with Crippen molar-refractivity contribution < 1.29 is 4.74 Å². The minimum atomic E-state index is 0.435. The van der Waals surface area contributed by atoms with Crippen LogP contribution in [0, 0.1) is 13.8 Å². The molecule has 1 aromatic carbocycles. The number of benzene rings is 1. The average molecular weight is 311 g/mol. The first kappa shape index (κ1) is 15.1. The van der Waals surface area contributed by atoms with E-state index in [2.05, 4.69) is 16.9 Å². The number of hydrogen-bond donors (Lipinski definition) is 0. The molecule has 0 fully saturated rings. The minimum Gasteiger partial charge on any atom is -0.438 e. The van der Waals surface area contributed by atoms with E-state index in [4.69, 9.17) is 27.9 Å². The Balaban J connectivity index is 2.37. The van der Waals surface area contributed by atoms with Crippen molar-refractivity contribution in [1.29, 1.82) is 0 Å². The van der Waals surface area contributed by atoms with Gasteiger partial charge in [0.05, 0.1) is 0 Å². The van der Waals surface area contributed by atoms with Crippen molar-refractivity contribution >= 4 is 23.2 Å². The van der Waals surface area contributed by atoms with E-state index in [-0.39, 0.29) is 0 Å². The topological polar surface area (TPSA) is 35.0 Å². The Morgan fingerprint density at radius 1 is 1.15 bits per heavy atom. The van der Waals surface area contributed by atoms with Gasteiger partial charge in [0.25, 0.3) is 0 Å². The molecule has 1 heterocycles. The van der Waals surface area contributed by atoms with Gasteiger partial charge in [-0.15, -0.1) is 0 Å². The van der Waals surface area contributed by atoms with Crippen LogP contribution in [0.3, 0.4) is 0 Å². The molecule has 0 aliphatic rings.